The molecule has 2 aromatic heterocycles. The van der Waals surface area contributed by atoms with E-state index >= 15 is 0 Å². The minimum absolute atomic E-state index is 0.113. The molecule has 3 aromatic rings. The number of rotatable bonds is 7. The summed E-state index contributed by atoms with van der Waals surface area (Å²) < 4.78 is 5.12. The van der Waals surface area contributed by atoms with Crippen LogP contribution < -0.4 is 5.32 Å². The molecule has 1 aromatic carbocycles. The van der Waals surface area contributed by atoms with E-state index in [0.717, 1.165) is 9.67 Å². The number of Topliss-reactive ketones (excluding diaryl/α,β-unsaturated/α-hetero) is 1. The van der Waals surface area contributed by atoms with E-state index in [-0.39, 0.29) is 12.3 Å². The van der Waals surface area contributed by atoms with Gasteiger partial charge in [-0.2, -0.15) is 4.80 Å². The van der Waals surface area contributed by atoms with Gasteiger partial charge in [0.2, 0.25) is 5.82 Å². The number of carbonyl (C=O) groups excluding carboxylic acids is 3. The van der Waals surface area contributed by atoms with Crippen LogP contribution in [0, 0.1) is 0 Å². The molecule has 0 bridgehead atoms. The average Bonchev–Trinajstić information content (AvgIpc) is 3.33. The maximum absolute atomic E-state index is 12.2. The number of carbonyl (C=O) groups is 3. The number of ether oxygens (including phenoxy) is 1. The lowest BCUT2D eigenvalue weighted by atomic mass is 10.1. The first-order valence-electron chi connectivity index (χ1n) is 8.35. The number of benzene rings is 1. The Kier molecular flexibility index (Phi) is 5.90. The summed E-state index contributed by atoms with van der Waals surface area (Å²) in [5.74, 6) is -0.882. The smallest absolute Gasteiger partial charge is 0.330 e. The number of amides is 1. The molecule has 144 valence electrons. The van der Waals surface area contributed by atoms with Crippen LogP contribution in [-0.4, -0.2) is 44.0 Å². The Morgan fingerprint density at radius 2 is 2.07 bits per heavy atom. The van der Waals surface area contributed by atoms with Crippen molar-refractivity contribution < 1.29 is 19.1 Å². The van der Waals surface area contributed by atoms with Crippen molar-refractivity contribution in [3.8, 4) is 10.7 Å². The minimum Gasteiger partial charge on any atom is -0.451 e. The monoisotopic (exact) mass is 399 g/mol. The van der Waals surface area contributed by atoms with Crippen molar-refractivity contribution in [2.75, 3.05) is 5.32 Å². The molecule has 1 N–H and O–H groups in total. The molecule has 28 heavy (non-hydrogen) atoms. The van der Waals surface area contributed by atoms with Crippen molar-refractivity contribution in [3.63, 3.8) is 0 Å². The lowest BCUT2D eigenvalue weighted by Crippen LogP contribution is -2.31. The molecule has 0 aliphatic carbocycles. The lowest BCUT2D eigenvalue weighted by Gasteiger charge is -2.13. The Balaban J connectivity index is 1.54. The van der Waals surface area contributed by atoms with Gasteiger partial charge in [-0.3, -0.25) is 9.59 Å². The van der Waals surface area contributed by atoms with Gasteiger partial charge in [0.15, 0.2) is 18.4 Å². The summed E-state index contributed by atoms with van der Waals surface area (Å²) in [4.78, 5) is 37.6. The van der Waals surface area contributed by atoms with Crippen LogP contribution in [0.15, 0.2) is 41.8 Å². The van der Waals surface area contributed by atoms with Gasteiger partial charge in [0.25, 0.3) is 5.91 Å². The first-order chi connectivity index (χ1) is 13.4. The molecule has 1 atom stereocenters. The standard InChI is InChI=1S/C18H17N5O4S/c1-11(24)13-5-3-6-14(9-13)19-18(26)12(2)27-16(25)10-23-21-17(20-22-23)15-7-4-8-28-15/h3-9,12H,10H2,1-2H3,(H,19,26)/t12-/m1/s1. The van der Waals surface area contributed by atoms with Crippen molar-refractivity contribution in [1.82, 2.24) is 20.2 Å². The number of aromatic nitrogens is 4. The summed E-state index contributed by atoms with van der Waals surface area (Å²) in [6.45, 7) is 2.62. The SMILES string of the molecule is CC(=O)c1cccc(NC(=O)[C@@H](C)OC(=O)Cn2nnc(-c3cccs3)n2)c1. The van der Waals surface area contributed by atoms with Gasteiger partial charge in [-0.1, -0.05) is 18.2 Å². The minimum atomic E-state index is -1.03. The van der Waals surface area contributed by atoms with Gasteiger partial charge in [0, 0.05) is 11.3 Å². The summed E-state index contributed by atoms with van der Waals surface area (Å²) in [6.07, 6.45) is -1.03. The van der Waals surface area contributed by atoms with Crippen molar-refractivity contribution >= 4 is 34.7 Å². The third kappa shape index (κ3) is 4.86. The van der Waals surface area contributed by atoms with Crippen molar-refractivity contribution in [2.24, 2.45) is 0 Å². The van der Waals surface area contributed by atoms with Crippen LogP contribution in [0.5, 0.6) is 0 Å². The molecule has 0 saturated carbocycles. The quantitative estimate of drug-likeness (QED) is 0.478. The molecule has 0 fully saturated rings. The molecule has 9 nitrogen and oxygen atoms in total. The third-order valence-electron chi connectivity index (χ3n) is 3.68. The second kappa shape index (κ2) is 8.53. The maximum atomic E-state index is 12.2. The molecule has 2 heterocycles. The summed E-state index contributed by atoms with van der Waals surface area (Å²) >= 11 is 1.46. The van der Waals surface area contributed by atoms with Gasteiger partial charge in [-0.15, -0.1) is 21.5 Å². The largest absolute Gasteiger partial charge is 0.451 e. The van der Waals surface area contributed by atoms with Gasteiger partial charge in [-0.25, -0.2) is 4.79 Å². The molecule has 1 amide bonds. The highest BCUT2D eigenvalue weighted by atomic mass is 32.1. The zero-order chi connectivity index (χ0) is 20.1. The van der Waals surface area contributed by atoms with E-state index in [1.54, 1.807) is 24.3 Å². The number of ketones is 1. The van der Waals surface area contributed by atoms with Crippen LogP contribution in [0.1, 0.15) is 24.2 Å². The molecule has 0 spiro atoms. The second-order valence-electron chi connectivity index (χ2n) is 5.88. The Morgan fingerprint density at radius 1 is 1.25 bits per heavy atom. The number of nitrogens with zero attached hydrogens (tertiary/aromatic N) is 4. The summed E-state index contributed by atoms with van der Waals surface area (Å²) in [6, 6.07) is 10.2. The molecular weight excluding hydrogens is 382 g/mol. The Bertz CT molecular complexity index is 999. The fourth-order valence-electron chi connectivity index (χ4n) is 2.28. The van der Waals surface area contributed by atoms with E-state index in [2.05, 4.69) is 20.7 Å². The van der Waals surface area contributed by atoms with Crippen LogP contribution in [0.3, 0.4) is 0 Å². The predicted molar refractivity (Wildman–Crippen MR) is 102 cm³/mol. The van der Waals surface area contributed by atoms with Crippen LogP contribution in [0.25, 0.3) is 10.7 Å². The summed E-state index contributed by atoms with van der Waals surface area (Å²) in [5.41, 5.74) is 0.917. The Labute approximate surface area is 164 Å². The first-order valence-corrected chi connectivity index (χ1v) is 9.23. The highest BCUT2D eigenvalue weighted by Gasteiger charge is 2.19. The average molecular weight is 399 g/mol. The molecule has 0 aliphatic heterocycles. The van der Waals surface area contributed by atoms with Gasteiger partial charge >= 0.3 is 5.97 Å². The number of nitrogens with one attached hydrogen (secondary N) is 1. The fourth-order valence-corrected chi connectivity index (χ4v) is 2.93. The van der Waals surface area contributed by atoms with Gasteiger partial charge in [0.1, 0.15) is 0 Å². The van der Waals surface area contributed by atoms with E-state index in [1.807, 2.05) is 17.5 Å². The van der Waals surface area contributed by atoms with Crippen molar-refractivity contribution in [3.05, 3.63) is 47.3 Å². The zero-order valence-electron chi connectivity index (χ0n) is 15.2. The number of hydrogen-bond donors (Lipinski definition) is 1. The van der Waals surface area contributed by atoms with Gasteiger partial charge in [0.05, 0.1) is 4.88 Å². The van der Waals surface area contributed by atoms with E-state index in [9.17, 15) is 14.4 Å². The van der Waals surface area contributed by atoms with Crippen molar-refractivity contribution in [2.45, 2.75) is 26.5 Å². The fraction of sp³-hybridized carbons (Fsp3) is 0.222. The van der Waals surface area contributed by atoms with Gasteiger partial charge in [-0.05, 0) is 42.6 Å². The van der Waals surface area contributed by atoms with E-state index in [4.69, 9.17) is 4.74 Å². The molecule has 3 rings (SSSR count). The first kappa shape index (κ1) is 19.4. The third-order valence-corrected chi connectivity index (χ3v) is 4.54. The van der Waals surface area contributed by atoms with E-state index in [0.29, 0.717) is 17.1 Å². The molecular formula is C18H17N5O4S. The summed E-state index contributed by atoms with van der Waals surface area (Å²) in [7, 11) is 0. The Morgan fingerprint density at radius 3 is 2.79 bits per heavy atom. The van der Waals surface area contributed by atoms with Crippen LogP contribution >= 0.6 is 11.3 Å². The normalized spacial score (nSPS) is 11.6. The predicted octanol–water partition coefficient (Wildman–Crippen LogP) is 2.17. The summed E-state index contributed by atoms with van der Waals surface area (Å²) in [5, 5.41) is 16.3. The molecule has 10 heteroatoms. The highest BCUT2D eigenvalue weighted by molar-refractivity contribution is 7.13. The van der Waals surface area contributed by atoms with Crippen LogP contribution in [0.4, 0.5) is 5.69 Å². The van der Waals surface area contributed by atoms with Crippen LogP contribution in [0.2, 0.25) is 0 Å². The maximum Gasteiger partial charge on any atom is 0.330 e. The van der Waals surface area contributed by atoms with Gasteiger partial charge < -0.3 is 10.1 Å². The number of hydrogen-bond acceptors (Lipinski definition) is 8. The zero-order valence-corrected chi connectivity index (χ0v) is 16.0. The Hall–Kier alpha value is -3.40. The molecule has 0 unspecified atom stereocenters. The van der Waals surface area contributed by atoms with Crippen molar-refractivity contribution in [1.29, 1.82) is 0 Å². The van der Waals surface area contributed by atoms with Crippen LogP contribution in [-0.2, 0) is 20.9 Å². The molecule has 0 aliphatic rings. The molecule has 0 saturated heterocycles. The van der Waals surface area contributed by atoms with E-state index in [1.165, 1.54) is 25.2 Å². The topological polar surface area (TPSA) is 116 Å². The molecule has 0 radical (unpaired) electrons. The number of tetrazole rings is 1. The number of esters is 1. The number of anilines is 1. The van der Waals surface area contributed by atoms with E-state index < -0.39 is 18.0 Å². The second-order valence-corrected chi connectivity index (χ2v) is 6.83. The lowest BCUT2D eigenvalue weighted by molar-refractivity contribution is -0.154. The highest BCUT2D eigenvalue weighted by Crippen LogP contribution is 2.19. The number of thiophene rings is 1.